The van der Waals surface area contributed by atoms with Gasteiger partial charge >= 0.3 is 0 Å². The highest BCUT2D eigenvalue weighted by Crippen LogP contribution is 2.45. The van der Waals surface area contributed by atoms with Gasteiger partial charge in [-0.1, -0.05) is 24.5 Å². The Morgan fingerprint density at radius 2 is 2.00 bits per heavy atom. The van der Waals surface area contributed by atoms with E-state index in [2.05, 4.69) is 13.0 Å². The summed E-state index contributed by atoms with van der Waals surface area (Å²) in [5.41, 5.74) is 1.77. The fourth-order valence-corrected chi connectivity index (χ4v) is 2.94. The van der Waals surface area contributed by atoms with E-state index in [1.165, 1.54) is 38.5 Å². The molecule has 0 saturated heterocycles. The molecule has 2 saturated carbocycles. The van der Waals surface area contributed by atoms with Crippen molar-refractivity contribution in [2.45, 2.75) is 45.4 Å². The van der Waals surface area contributed by atoms with Gasteiger partial charge in [0.15, 0.2) is 0 Å². The fraction of sp³-hybridized carbons (Fsp3) is 0.818. The molecule has 0 heteroatoms. The zero-order valence-electron chi connectivity index (χ0n) is 7.47. The number of hydrogen-bond acceptors (Lipinski definition) is 0. The first-order chi connectivity index (χ1) is 5.42. The molecule has 0 aromatic carbocycles. The predicted molar refractivity (Wildman–Crippen MR) is 48.4 cm³/mol. The third-order valence-electron chi connectivity index (χ3n) is 3.56. The van der Waals surface area contributed by atoms with Crippen LogP contribution < -0.4 is 0 Å². The zero-order valence-corrected chi connectivity index (χ0v) is 7.47. The van der Waals surface area contributed by atoms with E-state index in [1.54, 1.807) is 5.57 Å². The second-order valence-electron chi connectivity index (χ2n) is 4.05. The Bertz CT molecular complexity index is 167. The molecule has 2 rings (SSSR count). The summed E-state index contributed by atoms with van der Waals surface area (Å²) in [7, 11) is 0. The normalized spacial score (nSPS) is 41.0. The van der Waals surface area contributed by atoms with Crippen LogP contribution in [0.25, 0.3) is 0 Å². The zero-order chi connectivity index (χ0) is 7.68. The van der Waals surface area contributed by atoms with E-state index in [-0.39, 0.29) is 0 Å². The maximum Gasteiger partial charge on any atom is -0.0175 e. The summed E-state index contributed by atoms with van der Waals surface area (Å²) in [4.78, 5) is 0. The molecule has 0 amide bonds. The van der Waals surface area contributed by atoms with Crippen molar-refractivity contribution in [3.8, 4) is 0 Å². The summed E-state index contributed by atoms with van der Waals surface area (Å²) in [5.74, 6) is 2.09. The molecule has 0 N–H and O–H groups in total. The highest BCUT2D eigenvalue weighted by atomic mass is 14.4. The van der Waals surface area contributed by atoms with Crippen molar-refractivity contribution in [3.63, 3.8) is 0 Å². The van der Waals surface area contributed by atoms with Crippen molar-refractivity contribution in [1.82, 2.24) is 0 Å². The third kappa shape index (κ3) is 1.23. The summed E-state index contributed by atoms with van der Waals surface area (Å²) in [6, 6.07) is 0. The third-order valence-corrected chi connectivity index (χ3v) is 3.56. The maximum atomic E-state index is 2.37. The molecule has 0 aliphatic heterocycles. The highest BCUT2D eigenvalue weighted by molar-refractivity contribution is 5.13. The minimum absolute atomic E-state index is 1.01. The average Bonchev–Trinajstić information content (AvgIpc) is 2.47. The first kappa shape index (κ1) is 7.39. The number of allylic oxidation sites excluding steroid dienone is 2. The van der Waals surface area contributed by atoms with Gasteiger partial charge < -0.3 is 0 Å². The van der Waals surface area contributed by atoms with Gasteiger partial charge in [0, 0.05) is 0 Å². The second kappa shape index (κ2) is 3.00. The standard InChI is InChI=1S/C11H18/c1-2-9-7-8-10-5-3-4-6-11(9)10/h2,10-11H,3-8H2,1H3/b9-2+/t10-,11-/m0/s1. The van der Waals surface area contributed by atoms with Crippen LogP contribution in [0.5, 0.6) is 0 Å². The van der Waals surface area contributed by atoms with E-state index < -0.39 is 0 Å². The highest BCUT2D eigenvalue weighted by Gasteiger charge is 2.32. The van der Waals surface area contributed by atoms with Gasteiger partial charge in [-0.25, -0.2) is 0 Å². The molecule has 2 atom stereocenters. The molecular weight excluding hydrogens is 132 g/mol. The summed E-state index contributed by atoms with van der Waals surface area (Å²) in [6.45, 7) is 2.21. The lowest BCUT2D eigenvalue weighted by Crippen LogP contribution is -2.13. The Morgan fingerprint density at radius 1 is 1.18 bits per heavy atom. The van der Waals surface area contributed by atoms with Gasteiger partial charge in [0.05, 0.1) is 0 Å². The van der Waals surface area contributed by atoms with Crippen LogP contribution in [0.15, 0.2) is 11.6 Å². The number of fused-ring (bicyclic) bond motifs is 1. The first-order valence-electron chi connectivity index (χ1n) is 5.07. The Hall–Kier alpha value is -0.260. The van der Waals surface area contributed by atoms with Crippen LogP contribution in [0.2, 0.25) is 0 Å². The van der Waals surface area contributed by atoms with E-state index >= 15 is 0 Å². The summed E-state index contributed by atoms with van der Waals surface area (Å²) in [5, 5.41) is 0. The predicted octanol–water partition coefficient (Wildman–Crippen LogP) is 3.53. The van der Waals surface area contributed by atoms with E-state index in [0.717, 1.165) is 11.8 Å². The topological polar surface area (TPSA) is 0 Å². The molecule has 0 heterocycles. The van der Waals surface area contributed by atoms with Crippen LogP contribution in [0.1, 0.15) is 45.4 Å². The molecular formula is C11H18. The van der Waals surface area contributed by atoms with Gasteiger partial charge in [0.25, 0.3) is 0 Å². The first-order valence-corrected chi connectivity index (χ1v) is 5.07. The van der Waals surface area contributed by atoms with Crippen molar-refractivity contribution in [3.05, 3.63) is 11.6 Å². The van der Waals surface area contributed by atoms with Crippen LogP contribution in [0.3, 0.4) is 0 Å². The van der Waals surface area contributed by atoms with Crippen molar-refractivity contribution < 1.29 is 0 Å². The van der Waals surface area contributed by atoms with E-state index in [9.17, 15) is 0 Å². The van der Waals surface area contributed by atoms with Gasteiger partial charge in [-0.2, -0.15) is 0 Å². The van der Waals surface area contributed by atoms with Crippen molar-refractivity contribution >= 4 is 0 Å². The summed E-state index contributed by atoms with van der Waals surface area (Å²) < 4.78 is 0. The van der Waals surface area contributed by atoms with Crippen molar-refractivity contribution in [2.24, 2.45) is 11.8 Å². The maximum absolute atomic E-state index is 2.37. The lowest BCUT2D eigenvalue weighted by molar-refractivity contribution is 0.302. The van der Waals surface area contributed by atoms with Crippen molar-refractivity contribution in [2.75, 3.05) is 0 Å². The molecule has 11 heavy (non-hydrogen) atoms. The molecule has 0 radical (unpaired) electrons. The molecule has 62 valence electrons. The minimum atomic E-state index is 1.01. The van der Waals surface area contributed by atoms with Gasteiger partial charge in [0.2, 0.25) is 0 Å². The molecule has 0 aromatic heterocycles. The fourth-order valence-electron chi connectivity index (χ4n) is 2.94. The van der Waals surface area contributed by atoms with Gasteiger partial charge in [-0.3, -0.25) is 0 Å². The molecule has 2 aliphatic carbocycles. The van der Waals surface area contributed by atoms with Crippen LogP contribution in [-0.2, 0) is 0 Å². The number of rotatable bonds is 0. The molecule has 0 spiro atoms. The molecule has 0 unspecified atom stereocenters. The number of hydrogen-bond donors (Lipinski definition) is 0. The molecule has 2 fully saturated rings. The summed E-state index contributed by atoms with van der Waals surface area (Å²) in [6.07, 6.45) is 11.3. The largest absolute Gasteiger partial charge is 0.0882 e. The smallest absolute Gasteiger partial charge is 0.0175 e. The van der Waals surface area contributed by atoms with E-state index in [1.807, 2.05) is 0 Å². The van der Waals surface area contributed by atoms with E-state index in [0.29, 0.717) is 0 Å². The average molecular weight is 150 g/mol. The SMILES string of the molecule is C/C=C1\CC[C@@H]2CCCC[C@@H]12. The molecule has 0 bridgehead atoms. The minimum Gasteiger partial charge on any atom is -0.0882 e. The Balaban J connectivity index is 2.10. The molecule has 0 aromatic rings. The van der Waals surface area contributed by atoms with Crippen LogP contribution >= 0.6 is 0 Å². The van der Waals surface area contributed by atoms with Crippen LogP contribution in [0, 0.1) is 11.8 Å². The monoisotopic (exact) mass is 150 g/mol. The lowest BCUT2D eigenvalue weighted by Gasteiger charge is -2.25. The van der Waals surface area contributed by atoms with Gasteiger partial charge in [-0.05, 0) is 44.4 Å². The lowest BCUT2D eigenvalue weighted by atomic mass is 9.80. The molecule has 0 nitrogen and oxygen atoms in total. The van der Waals surface area contributed by atoms with E-state index in [4.69, 9.17) is 0 Å². The van der Waals surface area contributed by atoms with Gasteiger partial charge in [0.1, 0.15) is 0 Å². The Morgan fingerprint density at radius 3 is 2.82 bits per heavy atom. The summed E-state index contributed by atoms with van der Waals surface area (Å²) >= 11 is 0. The Kier molecular flexibility index (Phi) is 2.02. The second-order valence-corrected chi connectivity index (χ2v) is 4.05. The van der Waals surface area contributed by atoms with Crippen LogP contribution in [-0.4, -0.2) is 0 Å². The quantitative estimate of drug-likeness (QED) is 0.463. The van der Waals surface area contributed by atoms with Crippen LogP contribution in [0.4, 0.5) is 0 Å². The Labute approximate surface area is 69.7 Å². The molecule has 2 aliphatic rings. The van der Waals surface area contributed by atoms with Gasteiger partial charge in [-0.15, -0.1) is 0 Å². The van der Waals surface area contributed by atoms with Crippen molar-refractivity contribution in [1.29, 1.82) is 0 Å².